The molecule has 0 aliphatic heterocycles. The van der Waals surface area contributed by atoms with Crippen LogP contribution in [0.4, 0.5) is 19.0 Å². The van der Waals surface area contributed by atoms with Gasteiger partial charge in [0.05, 0.1) is 7.11 Å². The summed E-state index contributed by atoms with van der Waals surface area (Å²) in [6.07, 6.45) is -3.11. The van der Waals surface area contributed by atoms with E-state index >= 15 is 0 Å². The highest BCUT2D eigenvalue weighted by molar-refractivity contribution is 5.92. The second kappa shape index (κ2) is 4.76. The summed E-state index contributed by atoms with van der Waals surface area (Å²) < 4.78 is 42.5. The third kappa shape index (κ3) is 2.32. The molecule has 0 aromatic carbocycles. The molecule has 0 bridgehead atoms. The van der Waals surface area contributed by atoms with E-state index in [9.17, 15) is 28.1 Å². The average Bonchev–Trinajstić information content (AvgIpc) is 2.26. The number of nitro groups is 1. The Morgan fingerprint density at radius 2 is 2.18 bits per heavy atom. The molecule has 0 fully saturated rings. The highest BCUT2D eigenvalue weighted by Crippen LogP contribution is 2.32. The van der Waals surface area contributed by atoms with E-state index in [0.29, 0.717) is 6.20 Å². The zero-order valence-corrected chi connectivity index (χ0v) is 8.32. The van der Waals surface area contributed by atoms with Gasteiger partial charge in [0.2, 0.25) is 0 Å². The van der Waals surface area contributed by atoms with E-state index in [4.69, 9.17) is 0 Å². The van der Waals surface area contributed by atoms with Gasteiger partial charge in [-0.2, -0.15) is 0 Å². The normalized spacial score (nSPS) is 10.4. The first-order chi connectivity index (χ1) is 7.90. The van der Waals surface area contributed by atoms with Gasteiger partial charge in [-0.25, -0.2) is 18.0 Å². The molecule has 92 valence electrons. The predicted molar refractivity (Wildman–Crippen MR) is 47.1 cm³/mol. The van der Waals surface area contributed by atoms with Crippen molar-refractivity contribution in [1.29, 1.82) is 0 Å². The Morgan fingerprint density at radius 3 is 2.59 bits per heavy atom. The smallest absolute Gasteiger partial charge is 0.373 e. The summed E-state index contributed by atoms with van der Waals surface area (Å²) in [4.78, 5) is 23.2. The van der Waals surface area contributed by atoms with Gasteiger partial charge in [0.15, 0.2) is 12.0 Å². The van der Waals surface area contributed by atoms with Crippen LogP contribution in [0, 0.1) is 15.9 Å². The lowest BCUT2D eigenvalue weighted by Gasteiger charge is -2.07. The summed E-state index contributed by atoms with van der Waals surface area (Å²) in [5.74, 6) is -4.11. The first-order valence-electron chi connectivity index (χ1n) is 4.09. The number of nitrogens with zero attached hydrogens (tertiary/aromatic N) is 2. The van der Waals surface area contributed by atoms with Crippen LogP contribution >= 0.6 is 0 Å². The van der Waals surface area contributed by atoms with Crippen molar-refractivity contribution in [2.45, 2.75) is 6.43 Å². The van der Waals surface area contributed by atoms with Crippen molar-refractivity contribution in [2.24, 2.45) is 0 Å². The van der Waals surface area contributed by atoms with Crippen LogP contribution in [-0.4, -0.2) is 23.0 Å². The molecule has 1 aromatic rings. The van der Waals surface area contributed by atoms with Gasteiger partial charge in [-0.1, -0.05) is 0 Å². The van der Waals surface area contributed by atoms with Crippen LogP contribution in [0.5, 0.6) is 0 Å². The Bertz CT molecular complexity index is 478. The van der Waals surface area contributed by atoms with Crippen LogP contribution in [0.25, 0.3) is 0 Å². The molecule has 0 atom stereocenters. The van der Waals surface area contributed by atoms with Crippen LogP contribution in [0.1, 0.15) is 22.3 Å². The second-order valence-corrected chi connectivity index (χ2v) is 2.77. The van der Waals surface area contributed by atoms with E-state index in [2.05, 4.69) is 9.72 Å². The molecule has 0 saturated carbocycles. The van der Waals surface area contributed by atoms with E-state index in [1.165, 1.54) is 0 Å². The largest absolute Gasteiger partial charge is 0.465 e. The topological polar surface area (TPSA) is 82.3 Å². The molecule has 0 spiro atoms. The molecule has 0 radical (unpaired) electrons. The molecule has 1 rings (SSSR count). The van der Waals surface area contributed by atoms with Gasteiger partial charge in [0, 0.05) is 0 Å². The van der Waals surface area contributed by atoms with Crippen molar-refractivity contribution in [3.63, 3.8) is 0 Å². The highest BCUT2D eigenvalue weighted by Gasteiger charge is 2.33. The number of rotatable bonds is 3. The van der Waals surface area contributed by atoms with E-state index < -0.39 is 40.1 Å². The molecule has 9 heteroatoms. The first kappa shape index (κ1) is 12.9. The minimum Gasteiger partial charge on any atom is -0.465 e. The van der Waals surface area contributed by atoms with Crippen LogP contribution < -0.4 is 0 Å². The molecule has 0 saturated heterocycles. The zero-order valence-electron chi connectivity index (χ0n) is 8.32. The number of ether oxygens (including phenoxy) is 1. The van der Waals surface area contributed by atoms with Gasteiger partial charge >= 0.3 is 11.8 Å². The quantitative estimate of drug-likeness (QED) is 0.464. The summed E-state index contributed by atoms with van der Waals surface area (Å²) in [5.41, 5.74) is -2.56. The van der Waals surface area contributed by atoms with Crippen molar-refractivity contribution in [3.8, 4) is 0 Å². The van der Waals surface area contributed by atoms with Gasteiger partial charge in [-0.3, -0.25) is 0 Å². The third-order valence-corrected chi connectivity index (χ3v) is 1.83. The Kier molecular flexibility index (Phi) is 3.61. The molecule has 17 heavy (non-hydrogen) atoms. The summed E-state index contributed by atoms with van der Waals surface area (Å²) in [6.45, 7) is 0. The molecule has 1 aromatic heterocycles. The lowest BCUT2D eigenvalue weighted by atomic mass is 10.1. The van der Waals surface area contributed by atoms with Gasteiger partial charge in [0.25, 0.3) is 6.43 Å². The molecule has 0 unspecified atom stereocenters. The molecule has 0 amide bonds. The minimum atomic E-state index is -3.42. The Hall–Kier alpha value is -2.19. The number of hydrogen-bond donors (Lipinski definition) is 0. The van der Waals surface area contributed by atoms with Crippen LogP contribution in [-0.2, 0) is 4.74 Å². The van der Waals surface area contributed by atoms with E-state index in [0.717, 1.165) is 7.11 Å². The second-order valence-electron chi connectivity index (χ2n) is 2.77. The number of carbonyl (C=O) groups is 1. The number of halogens is 3. The van der Waals surface area contributed by atoms with Gasteiger partial charge in [-0.15, -0.1) is 0 Å². The zero-order chi connectivity index (χ0) is 13.2. The standard InChI is InChI=1S/C8H5F3N2O4/c1-17-8(14)4-3(9)2-12-7(13(15)16)5(4)6(10)11/h2,6H,1H3. The van der Waals surface area contributed by atoms with Gasteiger partial charge in [-0.05, 0) is 9.91 Å². The number of aromatic nitrogens is 1. The van der Waals surface area contributed by atoms with Gasteiger partial charge in [0.1, 0.15) is 11.1 Å². The van der Waals surface area contributed by atoms with E-state index in [1.807, 2.05) is 0 Å². The van der Waals surface area contributed by atoms with Crippen LogP contribution in [0.15, 0.2) is 6.20 Å². The molecular formula is C8H5F3N2O4. The average molecular weight is 250 g/mol. The number of hydrogen-bond acceptors (Lipinski definition) is 5. The minimum absolute atomic E-state index is 0.316. The summed E-state index contributed by atoms with van der Waals surface area (Å²) in [6, 6.07) is 0. The molecule has 0 aliphatic carbocycles. The maximum Gasteiger partial charge on any atom is 0.373 e. The number of methoxy groups -OCH3 is 1. The molecular weight excluding hydrogens is 245 g/mol. The SMILES string of the molecule is COC(=O)c1c(F)cnc([N+](=O)[O-])c1C(F)F. The van der Waals surface area contributed by atoms with Crippen LogP contribution in [0.3, 0.4) is 0 Å². The summed E-state index contributed by atoms with van der Waals surface area (Å²) in [7, 11) is 0.837. The summed E-state index contributed by atoms with van der Waals surface area (Å²) >= 11 is 0. The molecule has 1 heterocycles. The van der Waals surface area contributed by atoms with Crippen molar-refractivity contribution >= 4 is 11.8 Å². The first-order valence-corrected chi connectivity index (χ1v) is 4.09. The number of alkyl halides is 2. The lowest BCUT2D eigenvalue weighted by molar-refractivity contribution is -0.391. The molecule has 6 nitrogen and oxygen atoms in total. The Labute approximate surface area is 92.2 Å². The fraction of sp³-hybridized carbons (Fsp3) is 0.250. The Balaban J connectivity index is 3.60. The maximum atomic E-state index is 13.2. The number of pyridine rings is 1. The van der Waals surface area contributed by atoms with E-state index in [1.54, 1.807) is 0 Å². The van der Waals surface area contributed by atoms with Crippen molar-refractivity contribution in [1.82, 2.24) is 4.98 Å². The van der Waals surface area contributed by atoms with Crippen molar-refractivity contribution in [3.05, 3.63) is 33.3 Å². The third-order valence-electron chi connectivity index (χ3n) is 1.83. The fourth-order valence-electron chi connectivity index (χ4n) is 1.15. The fourth-order valence-corrected chi connectivity index (χ4v) is 1.15. The molecule has 0 aliphatic rings. The van der Waals surface area contributed by atoms with Gasteiger partial charge < -0.3 is 14.9 Å². The number of esters is 1. The maximum absolute atomic E-state index is 13.2. The Morgan fingerprint density at radius 1 is 1.59 bits per heavy atom. The molecule has 0 N–H and O–H groups in total. The van der Waals surface area contributed by atoms with Crippen molar-refractivity contribution < 1.29 is 27.6 Å². The monoisotopic (exact) mass is 250 g/mol. The van der Waals surface area contributed by atoms with Crippen LogP contribution in [0.2, 0.25) is 0 Å². The lowest BCUT2D eigenvalue weighted by Crippen LogP contribution is -2.13. The number of carbonyl (C=O) groups excluding carboxylic acids is 1. The summed E-state index contributed by atoms with van der Waals surface area (Å²) in [5, 5.41) is 10.4. The van der Waals surface area contributed by atoms with E-state index in [-0.39, 0.29) is 0 Å². The predicted octanol–water partition coefficient (Wildman–Crippen LogP) is 1.85. The van der Waals surface area contributed by atoms with Crippen molar-refractivity contribution in [2.75, 3.05) is 7.11 Å². The highest BCUT2D eigenvalue weighted by atomic mass is 19.3.